The van der Waals surface area contributed by atoms with Crippen LogP contribution in [0.1, 0.15) is 12.5 Å². The molecule has 0 aliphatic rings. The molecule has 1 aromatic carbocycles. The summed E-state index contributed by atoms with van der Waals surface area (Å²) in [5, 5.41) is 3.53. The number of rotatable bonds is 4. The summed E-state index contributed by atoms with van der Waals surface area (Å²) in [6.45, 7) is 4.54. The van der Waals surface area contributed by atoms with Gasteiger partial charge in [0.15, 0.2) is 5.17 Å². The van der Waals surface area contributed by atoms with E-state index in [9.17, 15) is 4.79 Å². The van der Waals surface area contributed by atoms with Gasteiger partial charge in [-0.05, 0) is 25.5 Å². The first-order valence-corrected chi connectivity index (χ1v) is 6.60. The van der Waals surface area contributed by atoms with E-state index in [0.717, 1.165) is 23.0 Å². The summed E-state index contributed by atoms with van der Waals surface area (Å²) in [7, 11) is 0. The van der Waals surface area contributed by atoms with E-state index in [0.29, 0.717) is 6.54 Å². The Kier molecular flexibility index (Phi) is 5.51. The standard InChI is InChI=1S/C12H18N4OS/c1-3-16(10-7-5-4-6-9(10)2)11(17)8-18-12(13)15-14/h4-7H,3,8,14H2,1-2H3,(H2,13,15). The molecule has 0 unspecified atom stereocenters. The van der Waals surface area contributed by atoms with Crippen LogP contribution in [0.5, 0.6) is 0 Å². The Morgan fingerprint density at radius 3 is 2.67 bits per heavy atom. The Hall–Kier alpha value is -1.69. The van der Waals surface area contributed by atoms with Gasteiger partial charge in [0.2, 0.25) is 5.91 Å². The number of thioether (sulfide) groups is 1. The molecule has 0 aliphatic heterocycles. The number of hydrogen-bond donors (Lipinski definition) is 2. The third kappa shape index (κ3) is 3.66. The number of nitrogens with zero attached hydrogens (tertiary/aromatic N) is 2. The van der Waals surface area contributed by atoms with E-state index in [1.807, 2.05) is 38.1 Å². The minimum absolute atomic E-state index is 0.0107. The van der Waals surface area contributed by atoms with Crippen LogP contribution in [0.2, 0.25) is 0 Å². The highest BCUT2D eigenvalue weighted by atomic mass is 32.2. The van der Waals surface area contributed by atoms with Crippen molar-refractivity contribution in [2.24, 2.45) is 16.7 Å². The number of nitrogens with two attached hydrogens (primary N) is 2. The van der Waals surface area contributed by atoms with Crippen molar-refractivity contribution in [3.63, 3.8) is 0 Å². The molecule has 6 heteroatoms. The molecule has 98 valence electrons. The van der Waals surface area contributed by atoms with E-state index in [2.05, 4.69) is 5.10 Å². The Morgan fingerprint density at radius 2 is 2.11 bits per heavy atom. The molecular weight excluding hydrogens is 248 g/mol. The van der Waals surface area contributed by atoms with Crippen molar-refractivity contribution in [1.82, 2.24) is 0 Å². The molecule has 0 radical (unpaired) electrons. The van der Waals surface area contributed by atoms with Crippen molar-refractivity contribution in [1.29, 1.82) is 0 Å². The first-order valence-electron chi connectivity index (χ1n) is 5.62. The molecule has 0 spiro atoms. The van der Waals surface area contributed by atoms with Crippen LogP contribution >= 0.6 is 11.8 Å². The minimum atomic E-state index is -0.0107. The van der Waals surface area contributed by atoms with Crippen molar-refractivity contribution in [2.75, 3.05) is 17.2 Å². The zero-order valence-corrected chi connectivity index (χ0v) is 11.4. The van der Waals surface area contributed by atoms with Crippen LogP contribution in [0.3, 0.4) is 0 Å². The first kappa shape index (κ1) is 14.4. The molecule has 18 heavy (non-hydrogen) atoms. The van der Waals surface area contributed by atoms with Crippen LogP contribution in [0.25, 0.3) is 0 Å². The van der Waals surface area contributed by atoms with Crippen LogP contribution in [-0.4, -0.2) is 23.4 Å². The molecule has 0 saturated carbocycles. The first-order chi connectivity index (χ1) is 8.60. The zero-order chi connectivity index (χ0) is 13.5. The molecule has 0 atom stereocenters. The lowest BCUT2D eigenvalue weighted by molar-refractivity contribution is -0.116. The molecule has 4 N–H and O–H groups in total. The average Bonchev–Trinajstić information content (AvgIpc) is 2.39. The second-order valence-electron chi connectivity index (χ2n) is 3.68. The van der Waals surface area contributed by atoms with Gasteiger partial charge in [0.1, 0.15) is 0 Å². The molecule has 5 nitrogen and oxygen atoms in total. The molecule has 1 amide bonds. The topological polar surface area (TPSA) is 84.7 Å². The quantitative estimate of drug-likeness (QED) is 0.372. The normalized spacial score (nSPS) is 11.3. The Balaban J connectivity index is 2.78. The van der Waals surface area contributed by atoms with Crippen molar-refractivity contribution in [2.45, 2.75) is 13.8 Å². The molecule has 0 saturated heterocycles. The fourth-order valence-electron chi connectivity index (χ4n) is 1.60. The fraction of sp³-hybridized carbons (Fsp3) is 0.333. The van der Waals surface area contributed by atoms with E-state index < -0.39 is 0 Å². The number of benzene rings is 1. The lowest BCUT2D eigenvalue weighted by atomic mass is 10.2. The van der Waals surface area contributed by atoms with Crippen molar-refractivity contribution in [3.05, 3.63) is 29.8 Å². The van der Waals surface area contributed by atoms with E-state index >= 15 is 0 Å². The zero-order valence-electron chi connectivity index (χ0n) is 10.6. The van der Waals surface area contributed by atoms with Gasteiger partial charge in [-0.3, -0.25) is 4.79 Å². The summed E-state index contributed by atoms with van der Waals surface area (Å²) < 4.78 is 0. The largest absolute Gasteiger partial charge is 0.377 e. The van der Waals surface area contributed by atoms with Gasteiger partial charge in [0.25, 0.3) is 0 Å². The van der Waals surface area contributed by atoms with E-state index in [-0.39, 0.29) is 16.8 Å². The molecule has 0 heterocycles. The summed E-state index contributed by atoms with van der Waals surface area (Å²) in [4.78, 5) is 13.8. The summed E-state index contributed by atoms with van der Waals surface area (Å²) in [5.74, 6) is 5.24. The van der Waals surface area contributed by atoms with Crippen molar-refractivity contribution >= 4 is 28.5 Å². The maximum Gasteiger partial charge on any atom is 0.237 e. The van der Waals surface area contributed by atoms with E-state index in [1.54, 1.807) is 4.90 Å². The fourth-order valence-corrected chi connectivity index (χ4v) is 2.10. The number of carbonyl (C=O) groups excluding carboxylic acids is 1. The van der Waals surface area contributed by atoms with E-state index in [1.165, 1.54) is 0 Å². The summed E-state index contributed by atoms with van der Waals surface area (Å²) >= 11 is 1.14. The second kappa shape index (κ2) is 6.90. The number of carbonyl (C=O) groups is 1. The Morgan fingerprint density at radius 1 is 1.44 bits per heavy atom. The number of hydrogen-bond acceptors (Lipinski definition) is 4. The average molecular weight is 266 g/mol. The number of hydrazone groups is 1. The number of aryl methyl sites for hydroxylation is 1. The van der Waals surface area contributed by atoms with Gasteiger partial charge < -0.3 is 16.5 Å². The highest BCUT2D eigenvalue weighted by Crippen LogP contribution is 2.20. The molecule has 0 aromatic heterocycles. The van der Waals surface area contributed by atoms with Gasteiger partial charge in [0, 0.05) is 12.2 Å². The maximum absolute atomic E-state index is 12.1. The molecule has 0 fully saturated rings. The van der Waals surface area contributed by atoms with Gasteiger partial charge in [-0.15, -0.1) is 0 Å². The van der Waals surface area contributed by atoms with Gasteiger partial charge in [-0.2, -0.15) is 5.10 Å². The lowest BCUT2D eigenvalue weighted by Gasteiger charge is -2.22. The molecule has 0 bridgehead atoms. The van der Waals surface area contributed by atoms with Gasteiger partial charge in [0.05, 0.1) is 5.75 Å². The second-order valence-corrected chi connectivity index (χ2v) is 4.68. The summed E-state index contributed by atoms with van der Waals surface area (Å²) in [6, 6.07) is 7.78. The van der Waals surface area contributed by atoms with Gasteiger partial charge >= 0.3 is 0 Å². The molecule has 1 aromatic rings. The molecule has 0 aliphatic carbocycles. The predicted molar refractivity (Wildman–Crippen MR) is 77.5 cm³/mol. The maximum atomic E-state index is 12.1. The van der Waals surface area contributed by atoms with Crippen LogP contribution in [-0.2, 0) is 4.79 Å². The van der Waals surface area contributed by atoms with E-state index in [4.69, 9.17) is 11.6 Å². The number of para-hydroxylation sites is 1. The minimum Gasteiger partial charge on any atom is -0.377 e. The predicted octanol–water partition coefficient (Wildman–Crippen LogP) is 1.27. The van der Waals surface area contributed by atoms with Crippen LogP contribution < -0.4 is 16.5 Å². The smallest absolute Gasteiger partial charge is 0.237 e. The van der Waals surface area contributed by atoms with Gasteiger partial charge in [-0.1, -0.05) is 30.0 Å². The lowest BCUT2D eigenvalue weighted by Crippen LogP contribution is -2.33. The highest BCUT2D eigenvalue weighted by molar-refractivity contribution is 8.14. The number of anilines is 1. The monoisotopic (exact) mass is 266 g/mol. The molecule has 1 rings (SSSR count). The third-order valence-electron chi connectivity index (χ3n) is 2.49. The van der Waals surface area contributed by atoms with Crippen LogP contribution in [0, 0.1) is 6.92 Å². The van der Waals surface area contributed by atoms with Crippen LogP contribution in [0.4, 0.5) is 5.69 Å². The van der Waals surface area contributed by atoms with Crippen LogP contribution in [0.15, 0.2) is 29.4 Å². The summed E-state index contributed by atoms with van der Waals surface area (Å²) in [5.41, 5.74) is 7.44. The Bertz CT molecular complexity index is 447. The third-order valence-corrected chi connectivity index (χ3v) is 3.29. The summed E-state index contributed by atoms with van der Waals surface area (Å²) in [6.07, 6.45) is 0. The highest BCUT2D eigenvalue weighted by Gasteiger charge is 2.15. The molecular formula is C12H18N4OS. The van der Waals surface area contributed by atoms with Gasteiger partial charge in [-0.25, -0.2) is 0 Å². The Labute approximate surface area is 111 Å². The SMILES string of the molecule is CCN(C(=O)CSC(N)=NN)c1ccccc1C. The van der Waals surface area contributed by atoms with Crippen molar-refractivity contribution < 1.29 is 4.79 Å². The number of amides is 1. The van der Waals surface area contributed by atoms with Crippen molar-refractivity contribution in [3.8, 4) is 0 Å². The number of amidine groups is 1.